The Morgan fingerprint density at radius 2 is 2.10 bits per heavy atom. The fourth-order valence-corrected chi connectivity index (χ4v) is 2.60. The molecule has 0 saturated heterocycles. The first kappa shape index (κ1) is 16.4. The summed E-state index contributed by atoms with van der Waals surface area (Å²) in [7, 11) is 0. The van der Waals surface area contributed by atoms with Crippen molar-refractivity contribution in [2.24, 2.45) is 5.92 Å². The lowest BCUT2D eigenvalue weighted by Crippen LogP contribution is -2.28. The van der Waals surface area contributed by atoms with Crippen molar-refractivity contribution < 1.29 is 4.39 Å². The Morgan fingerprint density at radius 3 is 2.71 bits per heavy atom. The van der Waals surface area contributed by atoms with Crippen LogP contribution in [0.3, 0.4) is 0 Å². The summed E-state index contributed by atoms with van der Waals surface area (Å²) in [4.78, 5) is 2.47. The van der Waals surface area contributed by atoms with E-state index in [1.165, 1.54) is 24.8 Å². The predicted octanol–water partition coefficient (Wildman–Crippen LogP) is 3.95. The Hall–Kier alpha value is -0.930. The lowest BCUT2D eigenvalue weighted by Gasteiger charge is -2.23. The number of halogens is 1. The van der Waals surface area contributed by atoms with Crippen LogP contribution in [0.1, 0.15) is 51.2 Å². The van der Waals surface area contributed by atoms with Crippen molar-refractivity contribution in [3.8, 4) is 0 Å². The zero-order valence-corrected chi connectivity index (χ0v) is 13.7. The van der Waals surface area contributed by atoms with E-state index in [-0.39, 0.29) is 5.82 Å². The third-order valence-corrected chi connectivity index (χ3v) is 4.12. The van der Waals surface area contributed by atoms with Gasteiger partial charge in [-0.25, -0.2) is 4.39 Å². The topological polar surface area (TPSA) is 15.3 Å². The van der Waals surface area contributed by atoms with Gasteiger partial charge in [0.15, 0.2) is 0 Å². The summed E-state index contributed by atoms with van der Waals surface area (Å²) < 4.78 is 14.1. The molecular weight excluding hydrogens is 263 g/mol. The van der Waals surface area contributed by atoms with Crippen LogP contribution in [0.2, 0.25) is 0 Å². The van der Waals surface area contributed by atoms with Crippen LogP contribution in [-0.4, -0.2) is 24.0 Å². The summed E-state index contributed by atoms with van der Waals surface area (Å²) in [5, 5.41) is 3.30. The van der Waals surface area contributed by atoms with Crippen LogP contribution >= 0.6 is 0 Å². The summed E-state index contributed by atoms with van der Waals surface area (Å²) in [5.74, 6) is 0.640. The zero-order valence-electron chi connectivity index (χ0n) is 13.7. The Morgan fingerprint density at radius 1 is 1.33 bits per heavy atom. The van der Waals surface area contributed by atoms with Crippen molar-refractivity contribution in [1.82, 2.24) is 10.2 Å². The molecule has 1 fully saturated rings. The third-order valence-electron chi connectivity index (χ3n) is 4.12. The van der Waals surface area contributed by atoms with Crippen LogP contribution in [0.5, 0.6) is 0 Å². The van der Waals surface area contributed by atoms with Crippen LogP contribution in [0.4, 0.5) is 4.39 Å². The molecule has 0 amide bonds. The van der Waals surface area contributed by atoms with Crippen LogP contribution in [-0.2, 0) is 13.1 Å². The number of rotatable bonds is 9. The maximum absolute atomic E-state index is 14.1. The molecule has 0 aromatic heterocycles. The van der Waals surface area contributed by atoms with Gasteiger partial charge in [0, 0.05) is 24.7 Å². The fourth-order valence-electron chi connectivity index (χ4n) is 2.60. The minimum Gasteiger partial charge on any atom is -0.313 e. The molecule has 0 unspecified atom stereocenters. The maximum Gasteiger partial charge on any atom is 0.127 e. The predicted molar refractivity (Wildman–Crippen MR) is 86.7 cm³/mol. The van der Waals surface area contributed by atoms with Gasteiger partial charge >= 0.3 is 0 Å². The first-order valence-corrected chi connectivity index (χ1v) is 8.32. The molecule has 3 heteroatoms. The Kier molecular flexibility index (Phi) is 6.19. The molecule has 0 heterocycles. The summed E-state index contributed by atoms with van der Waals surface area (Å²) in [6.45, 7) is 10.2. The van der Waals surface area contributed by atoms with Crippen LogP contribution in [0.25, 0.3) is 0 Å². The first-order valence-electron chi connectivity index (χ1n) is 8.32. The molecular formula is C18H29FN2. The third kappa shape index (κ3) is 5.40. The number of benzene rings is 1. The molecule has 21 heavy (non-hydrogen) atoms. The van der Waals surface area contributed by atoms with Gasteiger partial charge in [-0.2, -0.15) is 0 Å². The van der Waals surface area contributed by atoms with E-state index in [4.69, 9.17) is 0 Å². The highest BCUT2D eigenvalue weighted by Gasteiger charge is 2.29. The maximum atomic E-state index is 14.1. The zero-order chi connectivity index (χ0) is 15.2. The van der Waals surface area contributed by atoms with Crippen molar-refractivity contribution in [1.29, 1.82) is 0 Å². The van der Waals surface area contributed by atoms with E-state index in [0.717, 1.165) is 31.7 Å². The van der Waals surface area contributed by atoms with Gasteiger partial charge in [-0.3, -0.25) is 4.90 Å². The van der Waals surface area contributed by atoms with E-state index in [0.29, 0.717) is 12.0 Å². The number of hydrogen-bond acceptors (Lipinski definition) is 2. The highest BCUT2D eigenvalue weighted by Crippen LogP contribution is 2.29. The summed E-state index contributed by atoms with van der Waals surface area (Å²) in [6, 6.07) is 6.22. The molecule has 1 aromatic carbocycles. The van der Waals surface area contributed by atoms with E-state index in [1.807, 2.05) is 12.1 Å². The minimum atomic E-state index is -0.0644. The highest BCUT2D eigenvalue weighted by molar-refractivity contribution is 5.25. The van der Waals surface area contributed by atoms with Crippen molar-refractivity contribution in [2.75, 3.05) is 13.1 Å². The largest absolute Gasteiger partial charge is 0.313 e. The van der Waals surface area contributed by atoms with Crippen molar-refractivity contribution in [3.05, 3.63) is 35.1 Å². The van der Waals surface area contributed by atoms with E-state index in [1.54, 1.807) is 6.07 Å². The van der Waals surface area contributed by atoms with Crippen molar-refractivity contribution in [2.45, 2.75) is 59.2 Å². The normalized spacial score (nSPS) is 15.1. The second-order valence-electron chi connectivity index (χ2n) is 6.59. The molecule has 118 valence electrons. The SMILES string of the molecule is CCNCc1ccc(F)c(CN(CCC(C)C)C2CC2)c1. The molecule has 1 aromatic rings. The van der Waals surface area contributed by atoms with Gasteiger partial charge in [-0.15, -0.1) is 0 Å². The second kappa shape index (κ2) is 7.90. The standard InChI is InChI=1S/C18H29FN2/c1-4-20-12-15-5-8-18(19)16(11-15)13-21(17-6-7-17)10-9-14(2)3/h5,8,11,14,17,20H,4,6-7,9-10,12-13H2,1-3H3. The Labute approximate surface area is 128 Å². The molecule has 1 aliphatic carbocycles. The first-order chi connectivity index (χ1) is 10.1. The molecule has 1 aliphatic rings. The van der Waals surface area contributed by atoms with Gasteiger partial charge in [0.1, 0.15) is 5.82 Å². The monoisotopic (exact) mass is 292 g/mol. The van der Waals surface area contributed by atoms with Gasteiger partial charge in [-0.1, -0.05) is 32.9 Å². The lowest BCUT2D eigenvalue weighted by molar-refractivity contribution is 0.236. The van der Waals surface area contributed by atoms with Gasteiger partial charge in [0.25, 0.3) is 0 Å². The van der Waals surface area contributed by atoms with Gasteiger partial charge < -0.3 is 5.32 Å². The van der Waals surface area contributed by atoms with E-state index in [9.17, 15) is 4.39 Å². The Bertz CT molecular complexity index is 441. The average molecular weight is 292 g/mol. The highest BCUT2D eigenvalue weighted by atomic mass is 19.1. The fraction of sp³-hybridized carbons (Fsp3) is 0.667. The van der Waals surface area contributed by atoms with Crippen molar-refractivity contribution in [3.63, 3.8) is 0 Å². The Balaban J connectivity index is 2.01. The van der Waals surface area contributed by atoms with E-state index < -0.39 is 0 Å². The van der Waals surface area contributed by atoms with Crippen LogP contribution in [0.15, 0.2) is 18.2 Å². The van der Waals surface area contributed by atoms with Gasteiger partial charge in [0.05, 0.1) is 0 Å². The summed E-state index contributed by atoms with van der Waals surface area (Å²) >= 11 is 0. The molecule has 0 atom stereocenters. The van der Waals surface area contributed by atoms with Gasteiger partial charge in [0.2, 0.25) is 0 Å². The smallest absolute Gasteiger partial charge is 0.127 e. The van der Waals surface area contributed by atoms with Crippen LogP contribution in [0, 0.1) is 11.7 Å². The molecule has 0 spiro atoms. The summed E-state index contributed by atoms with van der Waals surface area (Å²) in [6.07, 6.45) is 3.74. The molecule has 1 saturated carbocycles. The molecule has 2 nitrogen and oxygen atoms in total. The molecule has 0 aliphatic heterocycles. The quantitative estimate of drug-likeness (QED) is 0.741. The number of nitrogens with one attached hydrogen (secondary N) is 1. The molecule has 0 bridgehead atoms. The average Bonchev–Trinajstić information content (AvgIpc) is 3.28. The summed E-state index contributed by atoms with van der Waals surface area (Å²) in [5.41, 5.74) is 2.02. The number of hydrogen-bond donors (Lipinski definition) is 1. The molecule has 0 radical (unpaired) electrons. The lowest BCUT2D eigenvalue weighted by atomic mass is 10.1. The number of nitrogens with zero attached hydrogens (tertiary/aromatic N) is 1. The minimum absolute atomic E-state index is 0.0644. The van der Waals surface area contributed by atoms with E-state index in [2.05, 4.69) is 31.0 Å². The van der Waals surface area contributed by atoms with E-state index >= 15 is 0 Å². The van der Waals surface area contributed by atoms with Crippen LogP contribution < -0.4 is 5.32 Å². The van der Waals surface area contributed by atoms with Crippen molar-refractivity contribution >= 4 is 0 Å². The molecule has 1 N–H and O–H groups in total. The molecule has 2 rings (SSSR count). The second-order valence-corrected chi connectivity index (χ2v) is 6.59. The van der Waals surface area contributed by atoms with Gasteiger partial charge in [-0.05, 0) is 49.9 Å².